The van der Waals surface area contributed by atoms with Crippen LogP contribution in [-0.4, -0.2) is 4.98 Å². The van der Waals surface area contributed by atoms with E-state index >= 15 is 0 Å². The van der Waals surface area contributed by atoms with Crippen LogP contribution in [0.1, 0.15) is 17.2 Å². The van der Waals surface area contributed by atoms with Gasteiger partial charge < -0.3 is 5.73 Å². The Balaban J connectivity index is 1.84. The summed E-state index contributed by atoms with van der Waals surface area (Å²) in [6.07, 6.45) is 2.64. The molecule has 2 aromatic carbocycles. The maximum atomic E-state index is 6.32. The lowest BCUT2D eigenvalue weighted by Crippen LogP contribution is -2.13. The van der Waals surface area contributed by atoms with Crippen molar-refractivity contribution >= 4 is 26.8 Å². The fourth-order valence-electron chi connectivity index (χ4n) is 2.32. The second kappa shape index (κ2) is 5.73. The lowest BCUT2D eigenvalue weighted by atomic mass is 9.98. The predicted octanol–water partition coefficient (Wildman–Crippen LogP) is 4.24. The number of pyridine rings is 1. The number of fused-ring (bicyclic) bond motifs is 1. The minimum Gasteiger partial charge on any atom is -0.324 e. The Morgan fingerprint density at radius 3 is 2.65 bits per heavy atom. The van der Waals surface area contributed by atoms with E-state index < -0.39 is 0 Å². The van der Waals surface area contributed by atoms with Crippen LogP contribution in [0.3, 0.4) is 0 Å². The summed E-state index contributed by atoms with van der Waals surface area (Å²) in [5.41, 5.74) is 9.72. The number of hydrogen-bond donors (Lipinski definition) is 1. The molecule has 2 nitrogen and oxygen atoms in total. The highest BCUT2D eigenvalue weighted by Gasteiger charge is 2.08. The SMILES string of the molecule is NC(Cc1ccc(Br)cc1)c1ccc2ncccc2c1. The molecule has 3 rings (SSSR count). The van der Waals surface area contributed by atoms with Crippen LogP contribution in [0.5, 0.6) is 0 Å². The first-order valence-electron chi connectivity index (χ1n) is 6.57. The van der Waals surface area contributed by atoms with Crippen LogP contribution in [0.2, 0.25) is 0 Å². The van der Waals surface area contributed by atoms with Crippen molar-refractivity contribution in [2.45, 2.75) is 12.5 Å². The summed E-state index contributed by atoms with van der Waals surface area (Å²) >= 11 is 3.45. The molecule has 0 saturated heterocycles. The quantitative estimate of drug-likeness (QED) is 0.781. The minimum absolute atomic E-state index is 0.000724. The predicted molar refractivity (Wildman–Crippen MR) is 86.5 cm³/mol. The zero-order valence-electron chi connectivity index (χ0n) is 11.0. The van der Waals surface area contributed by atoms with Crippen molar-refractivity contribution in [3.05, 3.63) is 76.4 Å². The smallest absolute Gasteiger partial charge is 0.0702 e. The topological polar surface area (TPSA) is 38.9 Å². The summed E-state index contributed by atoms with van der Waals surface area (Å²) in [7, 11) is 0. The Kier molecular flexibility index (Phi) is 3.81. The summed E-state index contributed by atoms with van der Waals surface area (Å²) in [6, 6.07) is 18.6. The molecule has 0 spiro atoms. The van der Waals surface area contributed by atoms with Gasteiger partial charge in [-0.05, 0) is 47.9 Å². The third-order valence-corrected chi connectivity index (χ3v) is 3.95. The Morgan fingerprint density at radius 2 is 1.85 bits per heavy atom. The van der Waals surface area contributed by atoms with Crippen LogP contribution in [0.25, 0.3) is 10.9 Å². The van der Waals surface area contributed by atoms with Gasteiger partial charge in [0.2, 0.25) is 0 Å². The average molecular weight is 327 g/mol. The molecule has 1 unspecified atom stereocenters. The molecule has 0 saturated carbocycles. The van der Waals surface area contributed by atoms with E-state index in [0.29, 0.717) is 0 Å². The molecular weight excluding hydrogens is 312 g/mol. The lowest BCUT2D eigenvalue weighted by molar-refractivity contribution is 0.723. The molecule has 3 heteroatoms. The molecular formula is C17H15BrN2. The van der Waals surface area contributed by atoms with Crippen LogP contribution >= 0.6 is 15.9 Å². The second-order valence-corrected chi connectivity index (χ2v) is 5.81. The number of nitrogens with zero attached hydrogens (tertiary/aromatic N) is 1. The molecule has 100 valence electrons. The summed E-state index contributed by atoms with van der Waals surface area (Å²) in [5, 5.41) is 1.14. The van der Waals surface area contributed by atoms with Crippen molar-refractivity contribution in [3.8, 4) is 0 Å². The Bertz CT molecular complexity index is 722. The van der Waals surface area contributed by atoms with Crippen LogP contribution in [0.4, 0.5) is 0 Å². The van der Waals surface area contributed by atoms with Gasteiger partial charge in [0.25, 0.3) is 0 Å². The summed E-state index contributed by atoms with van der Waals surface area (Å²) in [6.45, 7) is 0. The van der Waals surface area contributed by atoms with Crippen molar-refractivity contribution in [3.63, 3.8) is 0 Å². The van der Waals surface area contributed by atoms with Gasteiger partial charge in [-0.2, -0.15) is 0 Å². The molecule has 0 fully saturated rings. The van der Waals surface area contributed by atoms with E-state index in [0.717, 1.165) is 27.4 Å². The molecule has 1 atom stereocenters. The molecule has 0 radical (unpaired) electrons. The van der Waals surface area contributed by atoms with Gasteiger partial charge >= 0.3 is 0 Å². The summed E-state index contributed by atoms with van der Waals surface area (Å²) in [4.78, 5) is 4.33. The highest BCUT2D eigenvalue weighted by molar-refractivity contribution is 9.10. The number of rotatable bonds is 3. The molecule has 2 N–H and O–H groups in total. The third-order valence-electron chi connectivity index (χ3n) is 3.42. The van der Waals surface area contributed by atoms with Gasteiger partial charge in [-0.25, -0.2) is 0 Å². The first kappa shape index (κ1) is 13.3. The molecule has 20 heavy (non-hydrogen) atoms. The maximum absolute atomic E-state index is 6.32. The van der Waals surface area contributed by atoms with Gasteiger partial charge in [-0.15, -0.1) is 0 Å². The molecule has 1 heterocycles. The molecule has 1 aromatic heterocycles. The number of nitrogens with two attached hydrogens (primary N) is 1. The standard InChI is InChI=1S/C17H15BrN2/c18-15-6-3-12(4-7-15)10-16(19)13-5-8-17-14(11-13)2-1-9-20-17/h1-9,11,16H,10,19H2. The maximum Gasteiger partial charge on any atom is 0.0702 e. The Morgan fingerprint density at radius 1 is 1.05 bits per heavy atom. The summed E-state index contributed by atoms with van der Waals surface area (Å²) < 4.78 is 1.09. The average Bonchev–Trinajstić information content (AvgIpc) is 2.49. The minimum atomic E-state index is 0.000724. The van der Waals surface area contributed by atoms with Crippen molar-refractivity contribution in [2.75, 3.05) is 0 Å². The highest BCUT2D eigenvalue weighted by Crippen LogP contribution is 2.21. The van der Waals surface area contributed by atoms with E-state index in [2.05, 4.69) is 51.2 Å². The van der Waals surface area contributed by atoms with E-state index in [1.807, 2.05) is 30.5 Å². The van der Waals surface area contributed by atoms with E-state index in [9.17, 15) is 0 Å². The number of aromatic nitrogens is 1. The van der Waals surface area contributed by atoms with E-state index in [-0.39, 0.29) is 6.04 Å². The Hall–Kier alpha value is -1.71. The van der Waals surface area contributed by atoms with E-state index in [4.69, 9.17) is 5.73 Å². The number of hydrogen-bond acceptors (Lipinski definition) is 2. The van der Waals surface area contributed by atoms with Crippen molar-refractivity contribution in [2.24, 2.45) is 5.73 Å². The van der Waals surface area contributed by atoms with Crippen LogP contribution < -0.4 is 5.73 Å². The fourth-order valence-corrected chi connectivity index (χ4v) is 2.58. The van der Waals surface area contributed by atoms with Gasteiger partial charge in [-0.3, -0.25) is 4.98 Å². The molecule has 0 aliphatic carbocycles. The van der Waals surface area contributed by atoms with Crippen LogP contribution in [0.15, 0.2) is 65.3 Å². The van der Waals surface area contributed by atoms with Gasteiger partial charge in [0.15, 0.2) is 0 Å². The monoisotopic (exact) mass is 326 g/mol. The molecule has 0 bridgehead atoms. The van der Waals surface area contributed by atoms with Crippen LogP contribution in [-0.2, 0) is 6.42 Å². The molecule has 0 aliphatic heterocycles. The van der Waals surface area contributed by atoms with E-state index in [1.165, 1.54) is 5.56 Å². The largest absolute Gasteiger partial charge is 0.324 e. The lowest BCUT2D eigenvalue weighted by Gasteiger charge is -2.13. The first-order chi connectivity index (χ1) is 9.72. The van der Waals surface area contributed by atoms with Crippen molar-refractivity contribution in [1.29, 1.82) is 0 Å². The van der Waals surface area contributed by atoms with E-state index in [1.54, 1.807) is 0 Å². The van der Waals surface area contributed by atoms with Crippen molar-refractivity contribution in [1.82, 2.24) is 4.98 Å². The fraction of sp³-hybridized carbons (Fsp3) is 0.118. The van der Waals surface area contributed by atoms with Gasteiger partial charge in [-0.1, -0.05) is 40.2 Å². The normalized spacial score (nSPS) is 12.5. The van der Waals surface area contributed by atoms with Crippen LogP contribution in [0, 0.1) is 0 Å². The molecule has 0 aliphatic rings. The highest BCUT2D eigenvalue weighted by atomic mass is 79.9. The second-order valence-electron chi connectivity index (χ2n) is 4.89. The molecule has 0 amide bonds. The Labute approximate surface area is 126 Å². The zero-order chi connectivity index (χ0) is 13.9. The summed E-state index contributed by atoms with van der Waals surface area (Å²) in [5.74, 6) is 0. The van der Waals surface area contributed by atoms with Gasteiger partial charge in [0, 0.05) is 22.1 Å². The third kappa shape index (κ3) is 2.89. The van der Waals surface area contributed by atoms with Gasteiger partial charge in [0.1, 0.15) is 0 Å². The molecule has 3 aromatic rings. The number of halogens is 1. The van der Waals surface area contributed by atoms with Crippen molar-refractivity contribution < 1.29 is 0 Å². The number of benzene rings is 2. The van der Waals surface area contributed by atoms with Gasteiger partial charge in [0.05, 0.1) is 5.52 Å². The first-order valence-corrected chi connectivity index (χ1v) is 7.36. The zero-order valence-corrected chi connectivity index (χ0v) is 12.5.